The Morgan fingerprint density at radius 2 is 1.69 bits per heavy atom. The molecule has 4 heteroatoms. The van der Waals surface area contributed by atoms with Gasteiger partial charge in [0.15, 0.2) is 0 Å². The summed E-state index contributed by atoms with van der Waals surface area (Å²) in [6.07, 6.45) is 6.66. The molecule has 2 aliphatic rings. The summed E-state index contributed by atoms with van der Waals surface area (Å²) >= 11 is 0. The largest absolute Gasteiger partial charge is 0.463 e. The summed E-state index contributed by atoms with van der Waals surface area (Å²) in [5.74, 6) is 1.14. The average molecular weight is 396 g/mol. The highest BCUT2D eigenvalue weighted by atomic mass is 16.5. The molecule has 1 aliphatic heterocycles. The molecular formula is C25H37N3O. The van der Waals surface area contributed by atoms with Crippen LogP contribution in [0, 0.1) is 0 Å². The molecule has 29 heavy (non-hydrogen) atoms. The molecule has 0 radical (unpaired) electrons. The molecule has 1 aliphatic carbocycles. The minimum Gasteiger partial charge on any atom is -0.463 e. The lowest BCUT2D eigenvalue weighted by molar-refractivity contribution is 0.163. The van der Waals surface area contributed by atoms with Gasteiger partial charge in [-0.25, -0.2) is 9.98 Å². The van der Waals surface area contributed by atoms with Crippen molar-refractivity contribution in [1.82, 2.24) is 0 Å². The topological polar surface area (TPSA) is 60.0 Å². The van der Waals surface area contributed by atoms with E-state index in [1.165, 1.54) is 37.7 Å². The Bertz CT molecular complexity index is 803. The van der Waals surface area contributed by atoms with Crippen molar-refractivity contribution in [3.05, 3.63) is 59.1 Å². The van der Waals surface area contributed by atoms with Crippen molar-refractivity contribution in [3.8, 4) is 0 Å². The van der Waals surface area contributed by atoms with Crippen molar-refractivity contribution in [2.75, 3.05) is 0 Å². The van der Waals surface area contributed by atoms with E-state index in [9.17, 15) is 0 Å². The molecule has 1 fully saturated rings. The molecule has 3 rings (SSSR count). The summed E-state index contributed by atoms with van der Waals surface area (Å²) in [5, 5.41) is 0. The molecule has 4 nitrogen and oxygen atoms in total. The van der Waals surface area contributed by atoms with E-state index in [1.54, 1.807) is 0 Å². The number of ether oxygens (including phenoxy) is 1. The van der Waals surface area contributed by atoms with E-state index >= 15 is 0 Å². The zero-order valence-electron chi connectivity index (χ0n) is 19.0. The Kier molecular flexibility index (Phi) is 7.83. The maximum Gasteiger partial charge on any atom is 0.242 e. The van der Waals surface area contributed by atoms with Gasteiger partial charge >= 0.3 is 0 Å². The number of rotatable bonds is 3. The molecule has 1 heterocycles. The van der Waals surface area contributed by atoms with Gasteiger partial charge in [0.25, 0.3) is 0 Å². The summed E-state index contributed by atoms with van der Waals surface area (Å²) in [5.41, 5.74) is 10.7. The van der Waals surface area contributed by atoms with Gasteiger partial charge < -0.3 is 10.5 Å². The van der Waals surface area contributed by atoms with Gasteiger partial charge in [-0.2, -0.15) is 0 Å². The Labute approximate surface area is 176 Å². The number of allylic oxidation sites excluding steroid dienone is 2. The van der Waals surface area contributed by atoms with E-state index in [2.05, 4.69) is 35.8 Å². The number of nitrogens with zero attached hydrogens (tertiary/aromatic N) is 2. The first-order chi connectivity index (χ1) is 13.8. The number of hydrogen-bond donors (Lipinski definition) is 1. The smallest absolute Gasteiger partial charge is 0.242 e. The van der Waals surface area contributed by atoms with Gasteiger partial charge in [0.2, 0.25) is 5.90 Å². The first-order valence-corrected chi connectivity index (χ1v) is 10.9. The Morgan fingerprint density at radius 1 is 1.10 bits per heavy atom. The Hall–Kier alpha value is -2.36. The van der Waals surface area contributed by atoms with E-state index in [-0.39, 0.29) is 0 Å². The van der Waals surface area contributed by atoms with Crippen molar-refractivity contribution in [2.45, 2.75) is 85.2 Å². The van der Waals surface area contributed by atoms with Crippen LogP contribution >= 0.6 is 0 Å². The summed E-state index contributed by atoms with van der Waals surface area (Å²) in [6.45, 7) is 15.5. The maximum atomic E-state index is 6.19. The normalized spacial score (nSPS) is 22.1. The summed E-state index contributed by atoms with van der Waals surface area (Å²) in [7, 11) is 0. The number of nitrogens with two attached hydrogens (primary N) is 1. The van der Waals surface area contributed by atoms with Gasteiger partial charge in [0.05, 0.1) is 5.71 Å². The van der Waals surface area contributed by atoms with Crippen molar-refractivity contribution in [2.24, 2.45) is 15.7 Å². The first-order valence-electron chi connectivity index (χ1n) is 10.9. The van der Waals surface area contributed by atoms with Gasteiger partial charge in [-0.3, -0.25) is 0 Å². The van der Waals surface area contributed by atoms with E-state index in [0.717, 1.165) is 11.3 Å². The summed E-state index contributed by atoms with van der Waals surface area (Å²) < 4.78 is 6.19. The molecule has 2 N–H and O–H groups in total. The minimum atomic E-state index is -0.598. The fourth-order valence-corrected chi connectivity index (χ4v) is 3.90. The summed E-state index contributed by atoms with van der Waals surface area (Å²) in [4.78, 5) is 9.25. The quantitative estimate of drug-likeness (QED) is 0.636. The lowest BCUT2D eigenvalue weighted by Crippen LogP contribution is -2.42. The first kappa shape index (κ1) is 22.9. The predicted molar refractivity (Wildman–Crippen MR) is 124 cm³/mol. The lowest BCUT2D eigenvalue weighted by Gasteiger charge is -2.33. The highest BCUT2D eigenvalue weighted by Gasteiger charge is 2.36. The molecule has 0 atom stereocenters. The van der Waals surface area contributed by atoms with Gasteiger partial charge in [-0.05, 0) is 52.0 Å². The fraction of sp³-hybridized carbons (Fsp3) is 0.520. The second-order valence-electron chi connectivity index (χ2n) is 8.21. The molecule has 1 aromatic rings. The van der Waals surface area contributed by atoms with Crippen LogP contribution in [0.2, 0.25) is 0 Å². The second-order valence-corrected chi connectivity index (χ2v) is 8.21. The third-order valence-corrected chi connectivity index (χ3v) is 5.27. The molecule has 0 saturated heterocycles. The van der Waals surface area contributed by atoms with Crippen LogP contribution in [-0.4, -0.2) is 17.2 Å². The van der Waals surface area contributed by atoms with E-state index in [4.69, 9.17) is 15.5 Å². The van der Waals surface area contributed by atoms with Crippen molar-refractivity contribution in [3.63, 3.8) is 0 Å². The van der Waals surface area contributed by atoms with Crippen LogP contribution in [0.5, 0.6) is 0 Å². The molecular weight excluding hydrogens is 358 g/mol. The Balaban J connectivity index is 0.00000145. The zero-order valence-corrected chi connectivity index (χ0v) is 19.0. The standard InChI is InChI=1S/C23H31N3O.C2H6/c1-15(2)25-22-20(16(3)24)26-21(23(4,5)27-22)19-13-11-18(12-14-19)17-9-7-6-8-10-17;1-2/h11-14,17H,1,6-10,24H2,2-5H3;1-2H3/b20-16-,25-22?;. The van der Waals surface area contributed by atoms with Gasteiger partial charge in [0.1, 0.15) is 11.3 Å². The number of aliphatic imine (C=N–C) groups is 2. The monoisotopic (exact) mass is 395 g/mol. The van der Waals surface area contributed by atoms with Crippen LogP contribution < -0.4 is 5.73 Å². The van der Waals surface area contributed by atoms with Crippen molar-refractivity contribution >= 4 is 11.6 Å². The van der Waals surface area contributed by atoms with E-state index in [0.29, 0.717) is 28.9 Å². The zero-order chi connectivity index (χ0) is 21.6. The fourth-order valence-electron chi connectivity index (χ4n) is 3.90. The maximum absolute atomic E-state index is 6.19. The van der Waals surface area contributed by atoms with Gasteiger partial charge in [-0.15, -0.1) is 0 Å². The average Bonchev–Trinajstić information content (AvgIpc) is 2.69. The van der Waals surface area contributed by atoms with Crippen LogP contribution in [-0.2, 0) is 4.74 Å². The van der Waals surface area contributed by atoms with E-state index < -0.39 is 5.60 Å². The van der Waals surface area contributed by atoms with Crippen LogP contribution in [0.3, 0.4) is 0 Å². The molecule has 0 aromatic heterocycles. The van der Waals surface area contributed by atoms with Crippen LogP contribution in [0.15, 0.2) is 57.9 Å². The van der Waals surface area contributed by atoms with Crippen LogP contribution in [0.4, 0.5) is 0 Å². The Morgan fingerprint density at radius 3 is 2.21 bits per heavy atom. The van der Waals surface area contributed by atoms with Gasteiger partial charge in [-0.1, -0.05) is 64.0 Å². The molecule has 1 aromatic carbocycles. The molecule has 0 amide bonds. The minimum absolute atomic E-state index is 0.440. The van der Waals surface area contributed by atoms with Crippen molar-refractivity contribution < 1.29 is 4.74 Å². The molecule has 158 valence electrons. The number of benzene rings is 1. The van der Waals surface area contributed by atoms with Crippen molar-refractivity contribution in [1.29, 1.82) is 0 Å². The van der Waals surface area contributed by atoms with E-state index in [1.807, 2.05) is 41.5 Å². The molecule has 1 saturated carbocycles. The van der Waals surface area contributed by atoms with Crippen LogP contribution in [0.1, 0.15) is 90.7 Å². The lowest BCUT2D eigenvalue weighted by atomic mass is 9.83. The number of hydrogen-bond acceptors (Lipinski definition) is 4. The second kappa shape index (κ2) is 9.91. The van der Waals surface area contributed by atoms with Crippen LogP contribution in [0.25, 0.3) is 0 Å². The molecule has 0 spiro atoms. The summed E-state index contributed by atoms with van der Waals surface area (Å²) in [6, 6.07) is 8.83. The molecule has 0 unspecified atom stereocenters. The van der Waals surface area contributed by atoms with Gasteiger partial charge in [0, 0.05) is 17.0 Å². The highest BCUT2D eigenvalue weighted by molar-refractivity contribution is 6.13. The SMILES string of the molecule is C=C(C)N=C1OC(C)(C)C(c2ccc(C3CCCCC3)cc2)=N/C1=C(/C)N.CC. The molecule has 0 bridgehead atoms. The highest BCUT2D eigenvalue weighted by Crippen LogP contribution is 2.34. The predicted octanol–water partition coefficient (Wildman–Crippen LogP) is 6.48. The third kappa shape index (κ3) is 5.59. The third-order valence-electron chi connectivity index (χ3n) is 5.27.